The molecule has 0 spiro atoms. The van der Waals surface area contributed by atoms with Crippen LogP contribution in [0, 0.1) is 0 Å². The highest BCUT2D eigenvalue weighted by Gasteiger charge is 2.11. The number of thiazole rings is 1. The molecule has 0 saturated carbocycles. The lowest BCUT2D eigenvalue weighted by molar-refractivity contribution is 0.100. The first kappa shape index (κ1) is 19.1. The molecule has 0 aliphatic rings. The number of carbonyl (C=O) groups excluding carboxylic acids is 1. The number of rotatable bonds is 6. The number of amides is 1. The van der Waals surface area contributed by atoms with E-state index in [1.54, 1.807) is 23.5 Å². The highest BCUT2D eigenvalue weighted by atomic mass is 32.1. The van der Waals surface area contributed by atoms with Gasteiger partial charge >= 0.3 is 0 Å². The summed E-state index contributed by atoms with van der Waals surface area (Å²) in [7, 11) is 0. The van der Waals surface area contributed by atoms with Gasteiger partial charge in [0.2, 0.25) is 0 Å². The summed E-state index contributed by atoms with van der Waals surface area (Å²) in [5.74, 6) is 0.169. The average Bonchev–Trinajstić information content (AvgIpc) is 3.19. The van der Waals surface area contributed by atoms with Crippen molar-refractivity contribution in [3.63, 3.8) is 0 Å². The number of hydrogen-bond donors (Lipinski definition) is 2. The minimum absolute atomic E-state index is 0.390. The standard InChI is InChI=1S/C24H19N5OS/c25-23(30)17-7-4-8-18-22(17)27-14-28-24(18)26-13-16-6-3-5-15(11-16)12-21-29-19-9-1-2-10-20(19)31-21/h1-11,14H,12-13H2,(H2,25,30)(H,26,27,28). The molecule has 0 aliphatic carbocycles. The van der Waals surface area contributed by atoms with Gasteiger partial charge in [-0.2, -0.15) is 0 Å². The second kappa shape index (κ2) is 8.12. The molecule has 3 aromatic carbocycles. The molecule has 0 saturated heterocycles. The van der Waals surface area contributed by atoms with E-state index in [0.717, 1.165) is 27.9 Å². The van der Waals surface area contributed by atoms with Gasteiger partial charge in [-0.3, -0.25) is 4.79 Å². The fraction of sp³-hybridized carbons (Fsp3) is 0.0833. The van der Waals surface area contributed by atoms with Gasteiger partial charge in [-0.05, 0) is 35.4 Å². The normalized spacial score (nSPS) is 11.1. The van der Waals surface area contributed by atoms with Gasteiger partial charge < -0.3 is 11.1 Å². The molecule has 2 aromatic heterocycles. The largest absolute Gasteiger partial charge is 0.366 e. The number of carbonyl (C=O) groups is 1. The van der Waals surface area contributed by atoms with Crippen molar-refractivity contribution in [2.24, 2.45) is 5.73 Å². The predicted molar refractivity (Wildman–Crippen MR) is 124 cm³/mol. The van der Waals surface area contributed by atoms with Crippen LogP contribution in [-0.4, -0.2) is 20.9 Å². The Kier molecular flexibility index (Phi) is 5.01. The van der Waals surface area contributed by atoms with Gasteiger partial charge in [0.15, 0.2) is 0 Å². The van der Waals surface area contributed by atoms with E-state index in [2.05, 4.69) is 45.6 Å². The third-order valence-corrected chi connectivity index (χ3v) is 6.11. The van der Waals surface area contributed by atoms with Crippen LogP contribution >= 0.6 is 11.3 Å². The van der Waals surface area contributed by atoms with E-state index >= 15 is 0 Å². The Bertz CT molecular complexity index is 1380. The van der Waals surface area contributed by atoms with Gasteiger partial charge in [-0.25, -0.2) is 15.0 Å². The molecule has 0 unspecified atom stereocenters. The average molecular weight is 426 g/mol. The monoisotopic (exact) mass is 425 g/mol. The third kappa shape index (κ3) is 3.95. The topological polar surface area (TPSA) is 93.8 Å². The molecule has 7 heteroatoms. The first-order valence-corrected chi connectivity index (χ1v) is 10.7. The number of hydrogen-bond acceptors (Lipinski definition) is 6. The highest BCUT2D eigenvalue weighted by molar-refractivity contribution is 7.18. The van der Waals surface area contributed by atoms with Crippen molar-refractivity contribution < 1.29 is 4.79 Å². The van der Waals surface area contributed by atoms with Gasteiger partial charge in [0.05, 0.1) is 26.3 Å². The lowest BCUT2D eigenvalue weighted by Gasteiger charge is -2.10. The van der Waals surface area contributed by atoms with Gasteiger partial charge in [0.25, 0.3) is 5.91 Å². The Hall–Kier alpha value is -3.84. The lowest BCUT2D eigenvalue weighted by Crippen LogP contribution is -2.12. The Balaban J connectivity index is 1.36. The van der Waals surface area contributed by atoms with Crippen LogP contribution in [0.25, 0.3) is 21.1 Å². The quantitative estimate of drug-likeness (QED) is 0.416. The maximum atomic E-state index is 11.7. The molecule has 0 radical (unpaired) electrons. The lowest BCUT2D eigenvalue weighted by atomic mass is 10.1. The van der Waals surface area contributed by atoms with E-state index < -0.39 is 5.91 Å². The number of nitrogens with two attached hydrogens (primary N) is 1. The van der Waals surface area contributed by atoms with Crippen LogP contribution in [0.2, 0.25) is 0 Å². The number of benzene rings is 3. The zero-order valence-electron chi connectivity index (χ0n) is 16.6. The fourth-order valence-electron chi connectivity index (χ4n) is 3.63. The van der Waals surface area contributed by atoms with Crippen LogP contribution < -0.4 is 11.1 Å². The van der Waals surface area contributed by atoms with E-state index in [-0.39, 0.29) is 0 Å². The number of aromatic nitrogens is 3. The van der Waals surface area contributed by atoms with Gasteiger partial charge in [0.1, 0.15) is 12.1 Å². The van der Waals surface area contributed by atoms with Gasteiger partial charge in [-0.1, -0.05) is 42.5 Å². The number of nitrogens with one attached hydrogen (secondary N) is 1. The highest BCUT2D eigenvalue weighted by Crippen LogP contribution is 2.25. The van der Waals surface area contributed by atoms with Crippen molar-refractivity contribution in [3.05, 3.63) is 94.8 Å². The molecule has 152 valence electrons. The molecule has 0 aliphatic heterocycles. The second-order valence-corrected chi connectivity index (χ2v) is 8.33. The molecule has 5 rings (SSSR count). The predicted octanol–water partition coefficient (Wildman–Crippen LogP) is 4.54. The first-order chi connectivity index (χ1) is 15.2. The Labute approximate surface area is 182 Å². The van der Waals surface area contributed by atoms with Crippen LogP contribution in [0.1, 0.15) is 26.5 Å². The summed E-state index contributed by atoms with van der Waals surface area (Å²) in [6.07, 6.45) is 2.24. The molecule has 3 N–H and O–H groups in total. The molecule has 0 atom stereocenters. The minimum atomic E-state index is -0.502. The first-order valence-electron chi connectivity index (χ1n) is 9.87. The molecule has 0 fully saturated rings. The van der Waals surface area contributed by atoms with E-state index in [0.29, 0.717) is 23.4 Å². The Morgan fingerprint density at radius 3 is 2.68 bits per heavy atom. The van der Waals surface area contributed by atoms with E-state index in [1.165, 1.54) is 16.6 Å². The van der Waals surface area contributed by atoms with Crippen LogP contribution in [0.3, 0.4) is 0 Å². The summed E-state index contributed by atoms with van der Waals surface area (Å²) in [5.41, 5.74) is 9.81. The number of nitrogens with zero attached hydrogens (tertiary/aromatic N) is 3. The van der Waals surface area contributed by atoms with Crippen molar-refractivity contribution >= 4 is 44.2 Å². The summed E-state index contributed by atoms with van der Waals surface area (Å²) >= 11 is 1.73. The molecule has 0 bridgehead atoms. The van der Waals surface area contributed by atoms with Crippen molar-refractivity contribution in [1.29, 1.82) is 0 Å². The third-order valence-electron chi connectivity index (χ3n) is 5.08. The van der Waals surface area contributed by atoms with Crippen molar-refractivity contribution in [1.82, 2.24) is 15.0 Å². The van der Waals surface area contributed by atoms with E-state index in [4.69, 9.17) is 10.7 Å². The van der Waals surface area contributed by atoms with Crippen LogP contribution in [0.4, 0.5) is 5.82 Å². The molecule has 1 amide bonds. The van der Waals surface area contributed by atoms with Crippen LogP contribution in [0.15, 0.2) is 73.1 Å². The maximum absolute atomic E-state index is 11.7. The van der Waals surface area contributed by atoms with Crippen LogP contribution in [0.5, 0.6) is 0 Å². The van der Waals surface area contributed by atoms with E-state index in [9.17, 15) is 4.79 Å². The summed E-state index contributed by atoms with van der Waals surface area (Å²) in [6.45, 7) is 0.598. The van der Waals surface area contributed by atoms with Gasteiger partial charge in [-0.15, -0.1) is 11.3 Å². The number of fused-ring (bicyclic) bond motifs is 2. The zero-order valence-corrected chi connectivity index (χ0v) is 17.4. The summed E-state index contributed by atoms with van der Waals surface area (Å²) in [6, 6.07) is 22.0. The van der Waals surface area contributed by atoms with E-state index in [1.807, 2.05) is 24.3 Å². The Morgan fingerprint density at radius 1 is 0.968 bits per heavy atom. The number of para-hydroxylation sites is 2. The maximum Gasteiger partial charge on any atom is 0.250 e. The fourth-order valence-corrected chi connectivity index (χ4v) is 4.63. The zero-order chi connectivity index (χ0) is 21.2. The molecule has 6 nitrogen and oxygen atoms in total. The van der Waals surface area contributed by atoms with Crippen LogP contribution in [-0.2, 0) is 13.0 Å². The summed E-state index contributed by atoms with van der Waals surface area (Å²) in [4.78, 5) is 25.0. The molecular weight excluding hydrogens is 406 g/mol. The van der Waals surface area contributed by atoms with Gasteiger partial charge in [0, 0.05) is 18.4 Å². The van der Waals surface area contributed by atoms with Crippen molar-refractivity contribution in [2.45, 2.75) is 13.0 Å². The molecule has 5 aromatic rings. The molecule has 31 heavy (non-hydrogen) atoms. The van der Waals surface area contributed by atoms with Crippen molar-refractivity contribution in [2.75, 3.05) is 5.32 Å². The molecule has 2 heterocycles. The summed E-state index contributed by atoms with van der Waals surface area (Å²) < 4.78 is 1.21. The molecular formula is C24H19N5OS. The number of primary amides is 1. The van der Waals surface area contributed by atoms with Crippen molar-refractivity contribution in [3.8, 4) is 0 Å². The summed E-state index contributed by atoms with van der Waals surface area (Å²) in [5, 5.41) is 5.24. The Morgan fingerprint density at radius 2 is 1.81 bits per heavy atom. The SMILES string of the molecule is NC(=O)c1cccc2c(NCc3cccc(Cc4nc5ccccc5s4)c3)ncnc12. The number of anilines is 1. The second-order valence-electron chi connectivity index (χ2n) is 7.21. The smallest absolute Gasteiger partial charge is 0.250 e. The minimum Gasteiger partial charge on any atom is -0.366 e.